The van der Waals surface area contributed by atoms with Crippen LogP contribution in [0.15, 0.2) is 18.5 Å². The summed E-state index contributed by atoms with van der Waals surface area (Å²) in [5.74, 6) is 0.987. The van der Waals surface area contributed by atoms with Crippen molar-refractivity contribution in [1.29, 1.82) is 0 Å². The second kappa shape index (κ2) is 8.40. The SMILES string of the molecule is COc1cncc(N2CCN(CC(=O)c3cc(C)n(CC(F)(F)F)c3C)CC2)n1. The minimum Gasteiger partial charge on any atom is -0.480 e. The van der Waals surface area contributed by atoms with Crippen LogP contribution in [0, 0.1) is 13.8 Å². The fraction of sp³-hybridized carbons (Fsp3) is 0.526. The molecule has 0 saturated carbocycles. The van der Waals surface area contributed by atoms with E-state index < -0.39 is 12.7 Å². The molecule has 1 fully saturated rings. The Bertz CT molecular complexity index is 873. The minimum atomic E-state index is -4.33. The molecule has 3 rings (SSSR count). The number of hydrogen-bond acceptors (Lipinski definition) is 6. The molecule has 29 heavy (non-hydrogen) atoms. The average Bonchev–Trinajstić information content (AvgIpc) is 2.95. The summed E-state index contributed by atoms with van der Waals surface area (Å²) in [7, 11) is 1.53. The van der Waals surface area contributed by atoms with Gasteiger partial charge in [0.05, 0.1) is 26.0 Å². The van der Waals surface area contributed by atoms with Gasteiger partial charge < -0.3 is 14.2 Å². The highest BCUT2D eigenvalue weighted by atomic mass is 19.4. The fourth-order valence-electron chi connectivity index (χ4n) is 3.52. The van der Waals surface area contributed by atoms with Crippen LogP contribution < -0.4 is 9.64 Å². The summed E-state index contributed by atoms with van der Waals surface area (Å²) in [6, 6.07) is 1.55. The molecule has 0 unspecified atom stereocenters. The molecular weight excluding hydrogens is 387 g/mol. The molecule has 0 amide bonds. The Hall–Kier alpha value is -2.62. The summed E-state index contributed by atoms with van der Waals surface area (Å²) >= 11 is 0. The van der Waals surface area contributed by atoms with Crippen molar-refractivity contribution in [1.82, 2.24) is 19.4 Å². The molecule has 158 valence electrons. The number of carbonyl (C=O) groups is 1. The van der Waals surface area contributed by atoms with E-state index in [2.05, 4.69) is 14.9 Å². The monoisotopic (exact) mass is 411 g/mol. The van der Waals surface area contributed by atoms with Crippen LogP contribution in [0.2, 0.25) is 0 Å². The molecule has 0 radical (unpaired) electrons. The van der Waals surface area contributed by atoms with E-state index in [1.54, 1.807) is 26.1 Å². The summed E-state index contributed by atoms with van der Waals surface area (Å²) in [4.78, 5) is 25.2. The van der Waals surface area contributed by atoms with Crippen molar-refractivity contribution in [3.63, 3.8) is 0 Å². The fourth-order valence-corrected chi connectivity index (χ4v) is 3.52. The molecule has 0 bridgehead atoms. The lowest BCUT2D eigenvalue weighted by atomic mass is 10.1. The number of ether oxygens (including phenoxy) is 1. The first-order valence-electron chi connectivity index (χ1n) is 9.28. The molecule has 1 saturated heterocycles. The summed E-state index contributed by atoms with van der Waals surface area (Å²) < 4.78 is 44.6. The van der Waals surface area contributed by atoms with Crippen LogP contribution in [0.25, 0.3) is 0 Å². The normalized spacial score (nSPS) is 15.6. The van der Waals surface area contributed by atoms with Gasteiger partial charge in [-0.05, 0) is 19.9 Å². The number of carbonyl (C=O) groups excluding carboxylic acids is 1. The first-order valence-corrected chi connectivity index (χ1v) is 9.28. The van der Waals surface area contributed by atoms with Gasteiger partial charge in [0.2, 0.25) is 5.88 Å². The minimum absolute atomic E-state index is 0.166. The van der Waals surface area contributed by atoms with E-state index in [1.165, 1.54) is 13.3 Å². The number of Topliss-reactive ketones (excluding diaryl/α,β-unsaturated/α-hetero) is 1. The van der Waals surface area contributed by atoms with E-state index in [1.807, 2.05) is 4.90 Å². The van der Waals surface area contributed by atoms with E-state index in [0.717, 1.165) is 4.57 Å². The quantitative estimate of drug-likeness (QED) is 0.681. The van der Waals surface area contributed by atoms with Crippen LogP contribution in [0.3, 0.4) is 0 Å². The number of hydrogen-bond donors (Lipinski definition) is 0. The topological polar surface area (TPSA) is 63.5 Å². The first-order chi connectivity index (χ1) is 13.7. The van der Waals surface area contributed by atoms with E-state index in [4.69, 9.17) is 4.74 Å². The molecule has 2 aromatic rings. The molecule has 3 heterocycles. The lowest BCUT2D eigenvalue weighted by Crippen LogP contribution is -2.48. The smallest absolute Gasteiger partial charge is 0.406 e. The highest BCUT2D eigenvalue weighted by Crippen LogP contribution is 2.24. The van der Waals surface area contributed by atoms with E-state index >= 15 is 0 Å². The number of anilines is 1. The number of alkyl halides is 3. The summed E-state index contributed by atoms with van der Waals surface area (Å²) in [6.07, 6.45) is -1.12. The van der Waals surface area contributed by atoms with Crippen LogP contribution in [0.5, 0.6) is 5.88 Å². The van der Waals surface area contributed by atoms with Crippen molar-refractivity contribution >= 4 is 11.6 Å². The van der Waals surface area contributed by atoms with E-state index in [-0.39, 0.29) is 12.3 Å². The molecular formula is C19H24F3N5O2. The average molecular weight is 411 g/mol. The van der Waals surface area contributed by atoms with Crippen molar-refractivity contribution in [3.8, 4) is 5.88 Å². The van der Waals surface area contributed by atoms with Crippen LogP contribution in [-0.2, 0) is 6.54 Å². The predicted octanol–water partition coefficient (Wildman–Crippen LogP) is 2.47. The lowest BCUT2D eigenvalue weighted by Gasteiger charge is -2.34. The highest BCUT2D eigenvalue weighted by molar-refractivity contribution is 5.99. The number of nitrogens with zero attached hydrogens (tertiary/aromatic N) is 5. The first kappa shape index (κ1) is 21.1. The Morgan fingerprint density at radius 1 is 1.17 bits per heavy atom. The molecule has 0 atom stereocenters. The molecule has 0 N–H and O–H groups in total. The molecule has 10 heteroatoms. The van der Waals surface area contributed by atoms with Crippen molar-refractivity contribution in [2.75, 3.05) is 44.7 Å². The number of rotatable bonds is 6. The van der Waals surface area contributed by atoms with Crippen LogP contribution in [-0.4, -0.2) is 71.2 Å². The van der Waals surface area contributed by atoms with Gasteiger partial charge in [-0.15, -0.1) is 0 Å². The van der Waals surface area contributed by atoms with Gasteiger partial charge >= 0.3 is 6.18 Å². The molecule has 0 aromatic carbocycles. The number of aryl methyl sites for hydroxylation is 1. The van der Waals surface area contributed by atoms with Gasteiger partial charge in [-0.2, -0.15) is 18.2 Å². The van der Waals surface area contributed by atoms with Crippen LogP contribution in [0.4, 0.5) is 19.0 Å². The largest absolute Gasteiger partial charge is 0.480 e. The zero-order valence-electron chi connectivity index (χ0n) is 16.7. The summed E-state index contributed by atoms with van der Waals surface area (Å²) in [6.45, 7) is 4.86. The Morgan fingerprint density at radius 2 is 1.86 bits per heavy atom. The standard InChI is InChI=1S/C19H24F3N5O2/c1-13-8-15(14(2)27(13)12-19(20,21)22)16(28)11-25-4-6-26(7-5-25)17-9-23-10-18(24-17)29-3/h8-10H,4-7,11-12H2,1-3H3. The maximum atomic E-state index is 12.8. The van der Waals surface area contributed by atoms with Crippen LogP contribution >= 0.6 is 0 Å². The molecule has 1 aliphatic rings. The zero-order chi connectivity index (χ0) is 21.2. The highest BCUT2D eigenvalue weighted by Gasteiger charge is 2.30. The predicted molar refractivity (Wildman–Crippen MR) is 102 cm³/mol. The maximum absolute atomic E-state index is 12.8. The number of halogens is 3. The molecule has 2 aromatic heterocycles. The van der Waals surface area contributed by atoms with E-state index in [0.29, 0.717) is 54.8 Å². The van der Waals surface area contributed by atoms with Gasteiger partial charge in [-0.25, -0.2) is 0 Å². The third-order valence-corrected chi connectivity index (χ3v) is 5.08. The third-order valence-electron chi connectivity index (χ3n) is 5.08. The second-order valence-electron chi connectivity index (χ2n) is 7.09. The number of aromatic nitrogens is 3. The van der Waals surface area contributed by atoms with Gasteiger partial charge in [0, 0.05) is 43.1 Å². The summed E-state index contributed by atoms with van der Waals surface area (Å²) in [5, 5.41) is 0. The van der Waals surface area contributed by atoms with E-state index in [9.17, 15) is 18.0 Å². The molecule has 0 spiro atoms. The van der Waals surface area contributed by atoms with Crippen molar-refractivity contribution < 1.29 is 22.7 Å². The van der Waals surface area contributed by atoms with Crippen molar-refractivity contribution in [3.05, 3.63) is 35.4 Å². The molecule has 7 nitrogen and oxygen atoms in total. The number of piperazine rings is 1. The van der Waals surface area contributed by atoms with Gasteiger partial charge in [0.15, 0.2) is 11.6 Å². The van der Waals surface area contributed by atoms with Gasteiger partial charge in [0.1, 0.15) is 6.54 Å². The zero-order valence-corrected chi connectivity index (χ0v) is 16.7. The molecule has 0 aliphatic carbocycles. The van der Waals surface area contributed by atoms with Gasteiger partial charge in [0.25, 0.3) is 0 Å². The second-order valence-corrected chi connectivity index (χ2v) is 7.09. The number of ketones is 1. The van der Waals surface area contributed by atoms with Gasteiger partial charge in [-0.3, -0.25) is 14.7 Å². The lowest BCUT2D eigenvalue weighted by molar-refractivity contribution is -0.141. The Labute approximate surface area is 167 Å². The number of methoxy groups -OCH3 is 1. The van der Waals surface area contributed by atoms with Crippen molar-refractivity contribution in [2.24, 2.45) is 0 Å². The Kier molecular flexibility index (Phi) is 6.11. The third kappa shape index (κ3) is 5.06. The maximum Gasteiger partial charge on any atom is 0.406 e. The summed E-state index contributed by atoms with van der Waals surface area (Å²) in [5.41, 5.74) is 1.15. The van der Waals surface area contributed by atoms with Gasteiger partial charge in [-0.1, -0.05) is 0 Å². The Morgan fingerprint density at radius 3 is 2.48 bits per heavy atom. The van der Waals surface area contributed by atoms with Crippen molar-refractivity contribution in [2.45, 2.75) is 26.6 Å². The Balaban J connectivity index is 1.61. The molecule has 1 aliphatic heterocycles. The van der Waals surface area contributed by atoms with Crippen LogP contribution in [0.1, 0.15) is 21.7 Å².